The molecule has 5 nitrogen and oxygen atoms in total. The quantitative estimate of drug-likeness (QED) is 0.791. The number of carbonyl (C=O) groups is 1. The van der Waals surface area contributed by atoms with E-state index in [9.17, 15) is 4.79 Å². The molecule has 0 heterocycles. The van der Waals surface area contributed by atoms with Crippen molar-refractivity contribution in [1.82, 2.24) is 15.1 Å². The van der Waals surface area contributed by atoms with Crippen LogP contribution in [0.2, 0.25) is 0 Å². The van der Waals surface area contributed by atoms with Gasteiger partial charge in [0, 0.05) is 6.54 Å². The van der Waals surface area contributed by atoms with E-state index in [0.717, 1.165) is 16.9 Å². The third kappa shape index (κ3) is 5.07. The van der Waals surface area contributed by atoms with Crippen LogP contribution in [0.1, 0.15) is 23.2 Å². The third-order valence-corrected chi connectivity index (χ3v) is 4.47. The van der Waals surface area contributed by atoms with Crippen LogP contribution in [0.5, 0.6) is 5.75 Å². The summed E-state index contributed by atoms with van der Waals surface area (Å²) in [4.78, 5) is 16.9. The molecule has 1 N–H and O–H groups in total. The fourth-order valence-corrected chi connectivity index (χ4v) is 3.04. The van der Waals surface area contributed by atoms with Gasteiger partial charge in [-0.2, -0.15) is 0 Å². The summed E-state index contributed by atoms with van der Waals surface area (Å²) < 4.78 is 5.23. The van der Waals surface area contributed by atoms with Crippen LogP contribution in [0, 0.1) is 0 Å². The van der Waals surface area contributed by atoms with Crippen LogP contribution >= 0.6 is 0 Å². The van der Waals surface area contributed by atoms with Crippen molar-refractivity contribution in [3.8, 4) is 5.75 Å². The zero-order chi connectivity index (χ0) is 19.1. The standard InChI is InChI=1S/C21H29N3O2/c1-23(2)19(16-11-13-18(26-5)14-12-16)15-22-21(25)20(24(3)4)17-9-7-6-8-10-17/h6-14,19-20H,15H2,1-5H3,(H,22,25). The van der Waals surface area contributed by atoms with Crippen molar-refractivity contribution < 1.29 is 9.53 Å². The Hall–Kier alpha value is -2.37. The number of carbonyl (C=O) groups excluding carboxylic acids is 1. The Bertz CT molecular complexity index is 684. The van der Waals surface area contributed by atoms with E-state index in [0.29, 0.717) is 6.54 Å². The Morgan fingerprint density at radius 2 is 1.54 bits per heavy atom. The van der Waals surface area contributed by atoms with E-state index in [1.807, 2.05) is 87.7 Å². The Morgan fingerprint density at radius 3 is 2.04 bits per heavy atom. The molecule has 2 rings (SSSR count). The first-order valence-corrected chi connectivity index (χ1v) is 8.73. The number of amides is 1. The van der Waals surface area contributed by atoms with Crippen LogP contribution in [0.25, 0.3) is 0 Å². The van der Waals surface area contributed by atoms with Gasteiger partial charge in [-0.25, -0.2) is 0 Å². The summed E-state index contributed by atoms with van der Waals surface area (Å²) in [6.45, 7) is 0.537. The van der Waals surface area contributed by atoms with E-state index in [2.05, 4.69) is 10.2 Å². The lowest BCUT2D eigenvalue weighted by atomic mass is 10.0. The second-order valence-electron chi connectivity index (χ2n) is 6.77. The lowest BCUT2D eigenvalue weighted by Gasteiger charge is -2.28. The highest BCUT2D eigenvalue weighted by atomic mass is 16.5. The zero-order valence-corrected chi connectivity index (χ0v) is 16.3. The predicted molar refractivity (Wildman–Crippen MR) is 105 cm³/mol. The van der Waals surface area contributed by atoms with E-state index >= 15 is 0 Å². The highest BCUT2D eigenvalue weighted by Gasteiger charge is 2.24. The van der Waals surface area contributed by atoms with Gasteiger partial charge in [0.25, 0.3) is 0 Å². The summed E-state index contributed by atoms with van der Waals surface area (Å²) in [5, 5.41) is 3.12. The number of benzene rings is 2. The highest BCUT2D eigenvalue weighted by Crippen LogP contribution is 2.22. The number of ether oxygens (including phenoxy) is 1. The Kier molecular flexibility index (Phi) is 7.18. The van der Waals surface area contributed by atoms with Crippen molar-refractivity contribution in [2.24, 2.45) is 0 Å². The second-order valence-corrected chi connectivity index (χ2v) is 6.77. The summed E-state index contributed by atoms with van der Waals surface area (Å²) >= 11 is 0. The monoisotopic (exact) mass is 355 g/mol. The minimum atomic E-state index is -0.310. The normalized spacial score (nSPS) is 13.5. The molecule has 2 aromatic carbocycles. The molecule has 1 amide bonds. The average molecular weight is 355 g/mol. The molecule has 26 heavy (non-hydrogen) atoms. The number of hydrogen-bond donors (Lipinski definition) is 1. The summed E-state index contributed by atoms with van der Waals surface area (Å²) in [5.74, 6) is 0.827. The summed E-state index contributed by atoms with van der Waals surface area (Å²) in [5.41, 5.74) is 2.12. The van der Waals surface area contributed by atoms with Crippen LogP contribution in [-0.2, 0) is 4.79 Å². The smallest absolute Gasteiger partial charge is 0.242 e. The molecule has 0 spiro atoms. The third-order valence-electron chi connectivity index (χ3n) is 4.47. The minimum absolute atomic E-state index is 0.00145. The number of likely N-dealkylation sites (N-methyl/N-ethyl adjacent to an activating group) is 2. The van der Waals surface area contributed by atoms with Crippen LogP contribution in [-0.4, -0.2) is 57.6 Å². The molecule has 2 atom stereocenters. The van der Waals surface area contributed by atoms with Crippen molar-refractivity contribution in [1.29, 1.82) is 0 Å². The van der Waals surface area contributed by atoms with Crippen molar-refractivity contribution in [2.75, 3.05) is 41.8 Å². The Morgan fingerprint density at radius 1 is 0.923 bits per heavy atom. The van der Waals surface area contributed by atoms with E-state index in [-0.39, 0.29) is 18.0 Å². The number of nitrogens with one attached hydrogen (secondary N) is 1. The maximum absolute atomic E-state index is 12.9. The van der Waals surface area contributed by atoms with E-state index in [1.54, 1.807) is 7.11 Å². The molecule has 0 aliphatic rings. The van der Waals surface area contributed by atoms with Crippen molar-refractivity contribution in [3.05, 3.63) is 65.7 Å². The molecule has 0 saturated heterocycles. The molecule has 0 aromatic heterocycles. The zero-order valence-electron chi connectivity index (χ0n) is 16.3. The topological polar surface area (TPSA) is 44.8 Å². The van der Waals surface area contributed by atoms with E-state index in [1.165, 1.54) is 0 Å². The molecule has 0 aliphatic heterocycles. The second kappa shape index (κ2) is 9.36. The first-order chi connectivity index (χ1) is 12.4. The van der Waals surface area contributed by atoms with Gasteiger partial charge in [0.15, 0.2) is 0 Å². The maximum Gasteiger partial charge on any atom is 0.242 e. The largest absolute Gasteiger partial charge is 0.497 e. The average Bonchev–Trinajstić information content (AvgIpc) is 2.63. The number of rotatable bonds is 8. The molecular formula is C21H29N3O2. The summed E-state index contributed by atoms with van der Waals surface area (Å²) in [6, 6.07) is 17.6. The van der Waals surface area contributed by atoms with Gasteiger partial charge in [-0.15, -0.1) is 0 Å². The molecular weight excluding hydrogens is 326 g/mol. The summed E-state index contributed by atoms with van der Waals surface area (Å²) in [7, 11) is 9.53. The van der Waals surface area contributed by atoms with Crippen LogP contribution in [0.4, 0.5) is 0 Å². The predicted octanol–water partition coefficient (Wildman–Crippen LogP) is 2.72. The van der Waals surface area contributed by atoms with Gasteiger partial charge in [-0.1, -0.05) is 42.5 Å². The first-order valence-electron chi connectivity index (χ1n) is 8.73. The Balaban J connectivity index is 2.10. The Labute approximate surface area is 156 Å². The number of hydrogen-bond acceptors (Lipinski definition) is 4. The number of methoxy groups -OCH3 is 1. The maximum atomic E-state index is 12.9. The fraction of sp³-hybridized carbons (Fsp3) is 0.381. The van der Waals surface area contributed by atoms with Crippen LogP contribution in [0.15, 0.2) is 54.6 Å². The molecule has 0 aliphatic carbocycles. The van der Waals surface area contributed by atoms with Crippen LogP contribution in [0.3, 0.4) is 0 Å². The lowest BCUT2D eigenvalue weighted by molar-refractivity contribution is -0.126. The van der Waals surface area contributed by atoms with Gasteiger partial charge in [-0.3, -0.25) is 9.69 Å². The molecule has 0 radical (unpaired) electrons. The molecule has 0 saturated carbocycles. The molecule has 140 valence electrons. The summed E-state index contributed by atoms with van der Waals surface area (Å²) in [6.07, 6.45) is 0. The molecule has 0 bridgehead atoms. The fourth-order valence-electron chi connectivity index (χ4n) is 3.04. The van der Waals surface area contributed by atoms with Gasteiger partial charge in [-0.05, 0) is 51.5 Å². The van der Waals surface area contributed by atoms with Gasteiger partial charge >= 0.3 is 0 Å². The van der Waals surface area contributed by atoms with Gasteiger partial charge in [0.1, 0.15) is 11.8 Å². The van der Waals surface area contributed by atoms with Crippen molar-refractivity contribution in [2.45, 2.75) is 12.1 Å². The molecule has 2 aromatic rings. The molecule has 0 fully saturated rings. The van der Waals surface area contributed by atoms with Crippen molar-refractivity contribution in [3.63, 3.8) is 0 Å². The van der Waals surface area contributed by atoms with E-state index < -0.39 is 0 Å². The molecule has 2 unspecified atom stereocenters. The SMILES string of the molecule is COc1ccc(C(CNC(=O)C(c2ccccc2)N(C)C)N(C)C)cc1. The lowest BCUT2D eigenvalue weighted by Crippen LogP contribution is -2.41. The van der Waals surface area contributed by atoms with Crippen molar-refractivity contribution >= 4 is 5.91 Å². The van der Waals surface area contributed by atoms with E-state index in [4.69, 9.17) is 4.74 Å². The highest BCUT2D eigenvalue weighted by molar-refractivity contribution is 5.83. The minimum Gasteiger partial charge on any atom is -0.497 e. The number of nitrogens with zero attached hydrogens (tertiary/aromatic N) is 2. The van der Waals surface area contributed by atoms with Gasteiger partial charge in [0.05, 0.1) is 13.2 Å². The van der Waals surface area contributed by atoms with Gasteiger partial charge < -0.3 is 15.0 Å². The van der Waals surface area contributed by atoms with Crippen LogP contribution < -0.4 is 10.1 Å². The van der Waals surface area contributed by atoms with Gasteiger partial charge in [0.2, 0.25) is 5.91 Å². The molecule has 5 heteroatoms. The first kappa shape index (κ1) is 19.9.